The SMILES string of the molecule is CCc1ccncc1-c1c2c3cc(ccc3n1CC)-c1cc(O)cc(c1)C[C@H](NC(=O)[C@H](C(C)C)N(C)C(=O)[C@H]1CCN(S(=O)(=O)N3C[C@H]3C(=O)OC)C1)C(=O)N1CCC[C@H](N1)C(=O)OCC(C)(C)C2. The van der Waals surface area contributed by atoms with Crippen molar-refractivity contribution in [1.82, 2.24) is 38.8 Å². The number of likely N-dealkylation sites (N-methyl/N-ethyl adjacent to an activating group) is 1. The largest absolute Gasteiger partial charge is 0.508 e. The molecule has 0 radical (unpaired) electrons. The van der Waals surface area contributed by atoms with Gasteiger partial charge in [-0.05, 0) is 103 Å². The lowest BCUT2D eigenvalue weighted by molar-refractivity contribution is -0.155. The van der Waals surface area contributed by atoms with Crippen molar-refractivity contribution >= 4 is 50.8 Å². The highest BCUT2D eigenvalue weighted by Gasteiger charge is 2.53. The van der Waals surface area contributed by atoms with Gasteiger partial charge in [0, 0.05) is 80.5 Å². The van der Waals surface area contributed by atoms with E-state index in [1.165, 1.54) is 28.4 Å². The van der Waals surface area contributed by atoms with Gasteiger partial charge in [0.25, 0.3) is 16.1 Å². The van der Waals surface area contributed by atoms with Gasteiger partial charge >= 0.3 is 11.9 Å². The number of methoxy groups -OCH3 is 1. The number of carbonyl (C=O) groups excluding carboxylic acids is 5. The van der Waals surface area contributed by atoms with Crippen LogP contribution in [0.15, 0.2) is 54.9 Å². The number of carbonyl (C=O) groups is 5. The van der Waals surface area contributed by atoms with Gasteiger partial charge < -0.3 is 29.4 Å². The molecular formula is C51H66N8O10S. The fourth-order valence-corrected chi connectivity index (χ4v) is 12.3. The number of rotatable bonds is 11. The van der Waals surface area contributed by atoms with Crippen LogP contribution in [0.2, 0.25) is 0 Å². The van der Waals surface area contributed by atoms with E-state index in [4.69, 9.17) is 9.47 Å². The zero-order valence-corrected chi connectivity index (χ0v) is 42.2. The van der Waals surface area contributed by atoms with Crippen LogP contribution < -0.4 is 10.7 Å². The summed E-state index contributed by atoms with van der Waals surface area (Å²) in [6.07, 6.45) is 6.14. The number of ether oxygens (including phenoxy) is 2. The molecule has 1 unspecified atom stereocenters. The lowest BCUT2D eigenvalue weighted by Crippen LogP contribution is -2.62. The molecule has 3 fully saturated rings. The summed E-state index contributed by atoms with van der Waals surface area (Å²) >= 11 is 0. The van der Waals surface area contributed by atoms with Crippen molar-refractivity contribution in [2.75, 3.05) is 46.9 Å². The topological polar surface area (TPSA) is 213 Å². The van der Waals surface area contributed by atoms with Crippen molar-refractivity contribution in [2.24, 2.45) is 17.3 Å². The minimum absolute atomic E-state index is 0.00213. The summed E-state index contributed by atoms with van der Waals surface area (Å²) in [6, 6.07) is 9.37. The van der Waals surface area contributed by atoms with Gasteiger partial charge in [-0.15, -0.1) is 0 Å². The highest BCUT2D eigenvalue weighted by atomic mass is 32.2. The molecule has 2 aromatic carbocycles. The van der Waals surface area contributed by atoms with Crippen LogP contribution in [0, 0.1) is 17.3 Å². The van der Waals surface area contributed by atoms with E-state index in [0.717, 1.165) is 49.6 Å². The third-order valence-electron chi connectivity index (χ3n) is 14.2. The smallest absolute Gasteiger partial charge is 0.325 e. The molecule has 18 nitrogen and oxygen atoms in total. The third-order valence-corrected chi connectivity index (χ3v) is 16.2. The second-order valence-electron chi connectivity index (χ2n) is 20.2. The van der Waals surface area contributed by atoms with E-state index in [1.54, 1.807) is 26.0 Å². The molecule has 2 aromatic heterocycles. The van der Waals surface area contributed by atoms with Gasteiger partial charge in [0.05, 0.1) is 25.3 Å². The number of fused-ring (bicyclic) bond motifs is 6. The number of cyclic esters (lactones) is 1. The summed E-state index contributed by atoms with van der Waals surface area (Å²) in [5, 5.41) is 16.7. The first-order valence-electron chi connectivity index (χ1n) is 24.3. The monoisotopic (exact) mass is 982 g/mol. The first-order chi connectivity index (χ1) is 33.3. The molecule has 0 saturated carbocycles. The van der Waals surface area contributed by atoms with Crippen molar-refractivity contribution in [1.29, 1.82) is 0 Å². The summed E-state index contributed by atoms with van der Waals surface area (Å²) in [5.41, 5.74) is 9.99. The van der Waals surface area contributed by atoms with Crippen molar-refractivity contribution in [3.63, 3.8) is 0 Å². The van der Waals surface area contributed by atoms with E-state index in [0.29, 0.717) is 36.9 Å². The molecule has 6 heterocycles. The van der Waals surface area contributed by atoms with Gasteiger partial charge in [-0.1, -0.05) is 46.8 Å². The molecule has 0 aliphatic carbocycles. The van der Waals surface area contributed by atoms with E-state index >= 15 is 0 Å². The number of nitrogens with one attached hydrogen (secondary N) is 2. The Morgan fingerprint density at radius 1 is 1.04 bits per heavy atom. The van der Waals surface area contributed by atoms with Crippen LogP contribution in [-0.2, 0) is 69.5 Å². The Bertz CT molecular complexity index is 2810. The van der Waals surface area contributed by atoms with Crippen LogP contribution in [0.1, 0.15) is 77.5 Å². The molecule has 3 amide bonds. The first-order valence-corrected chi connectivity index (χ1v) is 25.7. The average molecular weight is 983 g/mol. The molecule has 19 heteroatoms. The number of aromatic hydroxyl groups is 1. The summed E-state index contributed by atoms with van der Waals surface area (Å²) < 4.78 is 42.0. The standard InChI is InChI=1S/C51H66N8O10S/c1-9-32-15-17-52-26-39(32)45-38-25-51(5,6)29-69-49(64)40-12-11-18-58(54-40)48(63)41(22-31-20-35(23-36(60)21-31)33-13-14-42(37(38)24-33)57(45)10-2)53-46(61)44(30(3)4)55(7)47(62)34-16-19-56(27-34)70(66,67)59-28-43(59)50(65)68-8/h13-15,17,20-21,23-24,26,30,34,40-41,43-44,54,60H,9-12,16,18-19,22,25,27-29H2,1-8H3,(H,53,61)/t34-,40-,41-,43-,44-,59?/m0/s1. The molecule has 4 aromatic rings. The number of amides is 3. The molecule has 3 saturated heterocycles. The molecule has 70 heavy (non-hydrogen) atoms. The van der Waals surface area contributed by atoms with Crippen LogP contribution in [0.4, 0.5) is 0 Å². The zero-order valence-electron chi connectivity index (χ0n) is 41.4. The van der Waals surface area contributed by atoms with Gasteiger partial charge in [-0.3, -0.25) is 34.0 Å². The lowest BCUT2D eigenvalue weighted by atomic mass is 9.84. The Balaban J connectivity index is 1.13. The third kappa shape index (κ3) is 10.0. The van der Waals surface area contributed by atoms with E-state index in [9.17, 15) is 37.5 Å². The van der Waals surface area contributed by atoms with Crippen molar-refractivity contribution in [3.05, 3.63) is 71.5 Å². The average Bonchev–Trinajstić information content (AvgIpc) is 3.90. The predicted molar refractivity (Wildman–Crippen MR) is 262 cm³/mol. The molecule has 376 valence electrons. The number of hydrazine groups is 1. The van der Waals surface area contributed by atoms with Crippen LogP contribution in [0.3, 0.4) is 0 Å². The molecule has 6 atom stereocenters. The summed E-state index contributed by atoms with van der Waals surface area (Å²) in [5.74, 6) is -3.96. The number of pyridine rings is 1. The number of hydrogen-bond donors (Lipinski definition) is 3. The molecular weight excluding hydrogens is 917 g/mol. The zero-order chi connectivity index (χ0) is 50.4. The second kappa shape index (κ2) is 20.1. The van der Waals surface area contributed by atoms with Crippen LogP contribution >= 0.6 is 0 Å². The number of phenolic OH excluding ortho intramolecular Hbond substituents is 1. The summed E-state index contributed by atoms with van der Waals surface area (Å²) in [4.78, 5) is 75.4. The van der Waals surface area contributed by atoms with Crippen molar-refractivity contribution in [2.45, 2.75) is 111 Å². The highest BCUT2D eigenvalue weighted by Crippen LogP contribution is 2.41. The van der Waals surface area contributed by atoms with E-state index in [-0.39, 0.29) is 51.4 Å². The minimum atomic E-state index is -4.03. The number of esters is 2. The molecule has 0 spiro atoms. The van der Waals surface area contributed by atoms with Gasteiger partial charge in [0.2, 0.25) is 11.8 Å². The maximum atomic E-state index is 14.8. The summed E-state index contributed by atoms with van der Waals surface area (Å²) in [6.45, 7) is 12.9. The highest BCUT2D eigenvalue weighted by molar-refractivity contribution is 7.87. The number of hydrogen-bond acceptors (Lipinski definition) is 12. The van der Waals surface area contributed by atoms with Gasteiger partial charge in [0.15, 0.2) is 0 Å². The molecule has 3 N–H and O–H groups in total. The number of aryl methyl sites for hydroxylation is 2. The Labute approximate surface area is 409 Å². The number of benzene rings is 2. The van der Waals surface area contributed by atoms with E-state index in [2.05, 4.69) is 66.2 Å². The van der Waals surface area contributed by atoms with E-state index < -0.39 is 81.3 Å². The van der Waals surface area contributed by atoms with Crippen LogP contribution in [0.5, 0.6) is 5.75 Å². The maximum absolute atomic E-state index is 14.8. The van der Waals surface area contributed by atoms with Crippen LogP contribution in [0.25, 0.3) is 33.3 Å². The second-order valence-corrected chi connectivity index (χ2v) is 22.1. The van der Waals surface area contributed by atoms with Gasteiger partial charge in [0.1, 0.15) is 29.9 Å². The number of phenols is 1. The Kier molecular flexibility index (Phi) is 14.5. The summed E-state index contributed by atoms with van der Waals surface area (Å²) in [7, 11) is -1.34. The fraction of sp³-hybridized carbons (Fsp3) is 0.529. The molecule has 6 bridgehead atoms. The molecule has 4 aliphatic rings. The number of nitrogens with zero attached hydrogens (tertiary/aromatic N) is 6. The number of aromatic nitrogens is 2. The van der Waals surface area contributed by atoms with Crippen molar-refractivity contribution in [3.8, 4) is 28.1 Å². The molecule has 8 rings (SSSR count). The lowest BCUT2D eigenvalue weighted by Gasteiger charge is -2.37. The minimum Gasteiger partial charge on any atom is -0.508 e. The normalized spacial score (nSPS) is 23.4. The maximum Gasteiger partial charge on any atom is 0.325 e. The predicted octanol–water partition coefficient (Wildman–Crippen LogP) is 4.21. The Hall–Kier alpha value is -5.89. The van der Waals surface area contributed by atoms with Crippen molar-refractivity contribution < 1.29 is 47.0 Å². The molecule has 4 aliphatic heterocycles. The van der Waals surface area contributed by atoms with Gasteiger partial charge in [-0.25, -0.2) is 5.43 Å². The first kappa shape index (κ1) is 50.5. The fourth-order valence-electron chi connectivity index (χ4n) is 10.6. The van der Waals surface area contributed by atoms with Crippen LogP contribution in [-0.4, -0.2) is 142 Å². The van der Waals surface area contributed by atoms with Gasteiger partial charge in [-0.2, -0.15) is 17.0 Å². The Morgan fingerprint density at radius 2 is 1.81 bits per heavy atom. The quantitative estimate of drug-likeness (QED) is 0.143. The van der Waals surface area contributed by atoms with E-state index in [1.807, 2.05) is 24.5 Å². The Morgan fingerprint density at radius 3 is 2.53 bits per heavy atom.